The normalized spacial score (nSPS) is 14.7. The van der Waals surface area contributed by atoms with Crippen LogP contribution in [0.3, 0.4) is 0 Å². The van der Waals surface area contributed by atoms with Crippen LogP contribution in [0.15, 0.2) is 41.3 Å². The Balaban J connectivity index is 1.69. The van der Waals surface area contributed by atoms with Crippen molar-refractivity contribution in [1.82, 2.24) is 15.2 Å². The maximum Gasteiger partial charge on any atom is 0.269 e. The Morgan fingerprint density at radius 1 is 0.968 bits per heavy atom. The molecule has 1 aliphatic heterocycles. The van der Waals surface area contributed by atoms with E-state index in [2.05, 4.69) is 16.2 Å². The van der Waals surface area contributed by atoms with Crippen LogP contribution in [0.1, 0.15) is 46.3 Å². The van der Waals surface area contributed by atoms with Gasteiger partial charge in [-0.25, -0.2) is 8.42 Å². The van der Waals surface area contributed by atoms with E-state index in [9.17, 15) is 13.2 Å². The minimum absolute atomic E-state index is 0.165. The molecule has 0 spiro atoms. The van der Waals surface area contributed by atoms with Crippen molar-refractivity contribution in [3.8, 4) is 0 Å². The largest absolute Gasteiger partial charge is 0.331 e. The number of hydrazine groups is 1. The number of aryl methyl sites for hydroxylation is 2. The van der Waals surface area contributed by atoms with Gasteiger partial charge in [-0.15, -0.1) is 0 Å². The maximum atomic E-state index is 13.1. The van der Waals surface area contributed by atoms with E-state index in [1.165, 1.54) is 10.4 Å². The quantitative estimate of drug-likeness (QED) is 0.479. The average molecular weight is 461 g/mol. The Hall–Kier alpha value is -2.49. The summed E-state index contributed by atoms with van der Waals surface area (Å²) in [6.45, 7) is 6.75. The van der Waals surface area contributed by atoms with E-state index in [0.29, 0.717) is 18.7 Å². The number of nitrogens with zero attached hydrogens (tertiary/aromatic N) is 1. The van der Waals surface area contributed by atoms with Crippen LogP contribution in [0, 0.1) is 20.8 Å². The molecule has 0 aliphatic carbocycles. The second-order valence-corrected chi connectivity index (χ2v) is 10.0. The molecule has 1 heterocycles. The highest BCUT2D eigenvalue weighted by atomic mass is 32.2. The van der Waals surface area contributed by atoms with E-state index in [1.807, 2.05) is 32.0 Å². The van der Waals surface area contributed by atoms with Gasteiger partial charge in [0, 0.05) is 24.3 Å². The summed E-state index contributed by atoms with van der Waals surface area (Å²) in [5.41, 5.74) is 9.08. The second-order valence-electron chi connectivity index (χ2n) is 7.73. The van der Waals surface area contributed by atoms with Crippen molar-refractivity contribution in [3.05, 3.63) is 58.7 Å². The average Bonchev–Trinajstić information content (AvgIpc) is 2.76. The molecule has 0 saturated carbocycles. The fraction of sp³-hybridized carbons (Fsp3) is 0.364. The molecule has 0 bridgehead atoms. The van der Waals surface area contributed by atoms with Gasteiger partial charge in [-0.2, -0.15) is 4.31 Å². The van der Waals surface area contributed by atoms with Gasteiger partial charge in [0.25, 0.3) is 5.91 Å². The van der Waals surface area contributed by atoms with Crippen LogP contribution < -0.4 is 16.2 Å². The third-order valence-electron chi connectivity index (χ3n) is 5.53. The second kappa shape index (κ2) is 9.76. The van der Waals surface area contributed by atoms with Crippen LogP contribution in [0.4, 0.5) is 5.69 Å². The first-order valence-electron chi connectivity index (χ1n) is 10.2. The van der Waals surface area contributed by atoms with Crippen LogP contribution in [0.25, 0.3) is 0 Å². The minimum Gasteiger partial charge on any atom is -0.331 e. The van der Waals surface area contributed by atoms with Crippen LogP contribution in [-0.2, 0) is 10.0 Å². The van der Waals surface area contributed by atoms with Crippen molar-refractivity contribution in [2.24, 2.45) is 0 Å². The molecule has 1 fully saturated rings. The Bertz CT molecular complexity index is 1090. The fourth-order valence-corrected chi connectivity index (χ4v) is 5.42. The number of thiocarbonyl (C=S) groups is 1. The van der Waals surface area contributed by atoms with Gasteiger partial charge in [0.05, 0.1) is 4.90 Å². The van der Waals surface area contributed by atoms with Crippen molar-refractivity contribution in [1.29, 1.82) is 0 Å². The van der Waals surface area contributed by atoms with Gasteiger partial charge in [-0.1, -0.05) is 24.6 Å². The van der Waals surface area contributed by atoms with Gasteiger partial charge in [-0.05, 0) is 80.7 Å². The molecule has 31 heavy (non-hydrogen) atoms. The zero-order valence-corrected chi connectivity index (χ0v) is 19.6. The summed E-state index contributed by atoms with van der Waals surface area (Å²) in [5, 5.41) is 3.28. The van der Waals surface area contributed by atoms with E-state index in [1.54, 1.807) is 19.1 Å². The Kier molecular flexibility index (Phi) is 7.30. The maximum absolute atomic E-state index is 13.1. The molecule has 0 unspecified atom stereocenters. The number of amides is 1. The predicted molar refractivity (Wildman–Crippen MR) is 127 cm³/mol. The van der Waals surface area contributed by atoms with Crippen molar-refractivity contribution in [3.63, 3.8) is 0 Å². The highest BCUT2D eigenvalue weighted by Crippen LogP contribution is 2.24. The van der Waals surface area contributed by atoms with Crippen LogP contribution >= 0.6 is 12.2 Å². The van der Waals surface area contributed by atoms with Gasteiger partial charge in [0.15, 0.2) is 5.11 Å². The number of sulfonamides is 1. The van der Waals surface area contributed by atoms with Crippen LogP contribution in [0.5, 0.6) is 0 Å². The lowest BCUT2D eigenvalue weighted by atomic mass is 10.1. The van der Waals surface area contributed by atoms with Gasteiger partial charge >= 0.3 is 0 Å². The molecule has 0 aromatic heterocycles. The molecule has 3 rings (SSSR count). The monoisotopic (exact) mass is 460 g/mol. The summed E-state index contributed by atoms with van der Waals surface area (Å²) in [5.74, 6) is -0.472. The van der Waals surface area contributed by atoms with Crippen molar-refractivity contribution >= 4 is 38.9 Å². The molecule has 3 N–H and O–H groups in total. The lowest BCUT2D eigenvalue weighted by molar-refractivity contribution is 0.0944. The minimum atomic E-state index is -3.63. The van der Waals surface area contributed by atoms with Crippen LogP contribution in [-0.4, -0.2) is 36.8 Å². The third-order valence-corrected chi connectivity index (χ3v) is 7.77. The zero-order valence-electron chi connectivity index (χ0n) is 18.0. The summed E-state index contributed by atoms with van der Waals surface area (Å²) in [6.07, 6.45) is 2.75. The lowest BCUT2D eigenvalue weighted by Gasteiger charge is -2.26. The SMILES string of the molecule is Cc1ccc(C(=O)NNC(=S)Nc2cccc(C)c2C)cc1S(=O)(=O)N1CCCCC1. The number of nitrogens with one attached hydrogen (secondary N) is 3. The van der Waals surface area contributed by atoms with E-state index in [0.717, 1.165) is 36.1 Å². The summed E-state index contributed by atoms with van der Waals surface area (Å²) < 4.78 is 27.6. The van der Waals surface area contributed by atoms with Gasteiger partial charge < -0.3 is 5.32 Å². The summed E-state index contributed by atoms with van der Waals surface area (Å²) >= 11 is 5.26. The molecule has 7 nitrogen and oxygen atoms in total. The van der Waals surface area contributed by atoms with Crippen molar-refractivity contribution in [2.75, 3.05) is 18.4 Å². The van der Waals surface area contributed by atoms with E-state index in [4.69, 9.17) is 12.2 Å². The van der Waals surface area contributed by atoms with E-state index < -0.39 is 15.9 Å². The predicted octanol–water partition coefficient (Wildman–Crippen LogP) is 3.42. The Morgan fingerprint density at radius 3 is 2.39 bits per heavy atom. The summed E-state index contributed by atoms with van der Waals surface area (Å²) in [6, 6.07) is 10.5. The molecule has 166 valence electrons. The zero-order chi connectivity index (χ0) is 22.6. The van der Waals surface area contributed by atoms with Crippen LogP contribution in [0.2, 0.25) is 0 Å². The number of benzene rings is 2. The number of anilines is 1. The first kappa shape index (κ1) is 23.2. The first-order chi connectivity index (χ1) is 14.7. The van der Waals surface area contributed by atoms with Crippen molar-refractivity contribution in [2.45, 2.75) is 44.9 Å². The number of piperidine rings is 1. The van der Waals surface area contributed by atoms with E-state index >= 15 is 0 Å². The molecule has 0 radical (unpaired) electrons. The Labute approximate surface area is 189 Å². The van der Waals surface area contributed by atoms with Gasteiger partial charge in [0.1, 0.15) is 0 Å². The van der Waals surface area contributed by atoms with E-state index in [-0.39, 0.29) is 15.6 Å². The number of carbonyl (C=O) groups is 1. The smallest absolute Gasteiger partial charge is 0.269 e. The molecule has 1 saturated heterocycles. The summed E-state index contributed by atoms with van der Waals surface area (Å²) in [4.78, 5) is 12.8. The molecule has 1 aliphatic rings. The first-order valence-corrected chi connectivity index (χ1v) is 12.1. The van der Waals surface area contributed by atoms with Crippen molar-refractivity contribution < 1.29 is 13.2 Å². The number of carbonyl (C=O) groups excluding carboxylic acids is 1. The van der Waals surface area contributed by atoms with Gasteiger partial charge in [0.2, 0.25) is 10.0 Å². The number of hydrogen-bond donors (Lipinski definition) is 3. The number of rotatable bonds is 4. The molecule has 1 amide bonds. The highest BCUT2D eigenvalue weighted by molar-refractivity contribution is 7.89. The molecular weight excluding hydrogens is 432 g/mol. The topological polar surface area (TPSA) is 90.5 Å². The molecule has 2 aromatic rings. The third kappa shape index (κ3) is 5.41. The molecule has 2 aromatic carbocycles. The molecular formula is C22H28N4O3S2. The molecule has 0 atom stereocenters. The summed E-state index contributed by atoms with van der Waals surface area (Å²) in [7, 11) is -3.63. The standard InChI is InChI=1S/C22H28N4O3S2/c1-15-8-7-9-19(17(15)3)23-22(30)25-24-21(27)18-11-10-16(2)20(14-18)31(28,29)26-12-5-4-6-13-26/h7-11,14H,4-6,12-13H2,1-3H3,(H,24,27)(H2,23,25,30). The highest BCUT2D eigenvalue weighted by Gasteiger charge is 2.28. The molecule has 9 heteroatoms. The lowest BCUT2D eigenvalue weighted by Crippen LogP contribution is -2.44. The fourth-order valence-electron chi connectivity index (χ4n) is 3.49. The Morgan fingerprint density at radius 2 is 1.68 bits per heavy atom. The van der Waals surface area contributed by atoms with Gasteiger partial charge in [-0.3, -0.25) is 15.6 Å². The number of hydrogen-bond acceptors (Lipinski definition) is 4.